The van der Waals surface area contributed by atoms with Gasteiger partial charge in [0, 0.05) is 22.8 Å². The summed E-state index contributed by atoms with van der Waals surface area (Å²) in [5.41, 5.74) is 2.69. The third-order valence-electron chi connectivity index (χ3n) is 5.47. The average molecular weight is 454 g/mol. The van der Waals surface area contributed by atoms with Crippen molar-refractivity contribution in [2.75, 3.05) is 11.1 Å². The number of nitrogens with zero attached hydrogens (tertiary/aromatic N) is 2. The standard InChI is InChI=1S/C23H20ClN3O3S/c1-13-7-8-14(24)10-17(13)26-20(29)12-31-23-15(11-25)21(19-6-3-9-30-19)22-16(27-23)4-2-5-18(22)28/h3,6-10,21-22H,2,4-5,12H2,1H3,(H,26,29)/t21-,22-/m0/s1. The highest BCUT2D eigenvalue weighted by Gasteiger charge is 2.43. The van der Waals surface area contributed by atoms with Gasteiger partial charge in [0.05, 0.1) is 35.5 Å². The van der Waals surface area contributed by atoms with Crippen molar-refractivity contribution in [3.8, 4) is 6.07 Å². The number of Topliss-reactive ketones (excluding diaryl/α,β-unsaturated/α-hetero) is 1. The second-order valence-electron chi connectivity index (χ2n) is 7.52. The molecular weight excluding hydrogens is 434 g/mol. The molecule has 1 N–H and O–H groups in total. The first-order valence-electron chi connectivity index (χ1n) is 9.94. The van der Waals surface area contributed by atoms with Crippen molar-refractivity contribution >= 4 is 46.5 Å². The van der Waals surface area contributed by atoms with E-state index in [0.29, 0.717) is 39.9 Å². The number of rotatable bonds is 5. The van der Waals surface area contributed by atoms with E-state index in [2.05, 4.69) is 16.4 Å². The molecule has 1 aliphatic heterocycles. The quantitative estimate of drug-likeness (QED) is 0.666. The Morgan fingerprint density at radius 2 is 2.19 bits per heavy atom. The lowest BCUT2D eigenvalue weighted by Gasteiger charge is -2.33. The maximum atomic E-state index is 12.7. The minimum Gasteiger partial charge on any atom is -0.469 e. The Hall–Kier alpha value is -2.82. The van der Waals surface area contributed by atoms with Crippen LogP contribution in [0, 0.1) is 24.2 Å². The van der Waals surface area contributed by atoms with Crippen molar-refractivity contribution in [2.45, 2.75) is 32.1 Å². The van der Waals surface area contributed by atoms with Crippen molar-refractivity contribution in [1.29, 1.82) is 5.26 Å². The molecule has 0 bridgehead atoms. The first-order valence-corrected chi connectivity index (χ1v) is 11.3. The number of carbonyl (C=O) groups is 2. The number of hydrogen-bond donors (Lipinski definition) is 1. The molecule has 6 nitrogen and oxygen atoms in total. The van der Waals surface area contributed by atoms with E-state index in [9.17, 15) is 14.9 Å². The number of nitrogens with one attached hydrogen (secondary N) is 1. The van der Waals surface area contributed by atoms with Crippen LogP contribution >= 0.6 is 23.4 Å². The maximum Gasteiger partial charge on any atom is 0.234 e. The summed E-state index contributed by atoms with van der Waals surface area (Å²) in [5, 5.41) is 13.8. The van der Waals surface area contributed by atoms with Gasteiger partial charge in [-0.2, -0.15) is 5.26 Å². The zero-order valence-electron chi connectivity index (χ0n) is 16.9. The summed E-state index contributed by atoms with van der Waals surface area (Å²) in [4.78, 5) is 29.9. The lowest BCUT2D eigenvalue weighted by molar-refractivity contribution is -0.122. The number of carbonyl (C=O) groups excluding carboxylic acids is 2. The molecule has 8 heteroatoms. The molecule has 0 spiro atoms. The van der Waals surface area contributed by atoms with Gasteiger partial charge in [-0.3, -0.25) is 9.59 Å². The van der Waals surface area contributed by atoms with Gasteiger partial charge >= 0.3 is 0 Å². The van der Waals surface area contributed by atoms with Crippen LogP contribution in [0.1, 0.15) is 36.5 Å². The Balaban J connectivity index is 1.58. The summed E-state index contributed by atoms with van der Waals surface area (Å²) in [7, 11) is 0. The number of hydrogen-bond acceptors (Lipinski definition) is 6. The van der Waals surface area contributed by atoms with Crippen molar-refractivity contribution in [3.63, 3.8) is 0 Å². The van der Waals surface area contributed by atoms with Crippen molar-refractivity contribution < 1.29 is 14.0 Å². The van der Waals surface area contributed by atoms with Gasteiger partial charge in [0.15, 0.2) is 0 Å². The van der Waals surface area contributed by atoms with Crippen LogP contribution in [0.25, 0.3) is 0 Å². The third-order valence-corrected chi connectivity index (χ3v) is 6.69. The van der Waals surface area contributed by atoms with E-state index in [1.165, 1.54) is 18.0 Å². The largest absolute Gasteiger partial charge is 0.469 e. The zero-order valence-corrected chi connectivity index (χ0v) is 18.4. The molecule has 2 atom stereocenters. The number of nitriles is 1. The number of furan rings is 1. The molecule has 0 unspecified atom stereocenters. The second kappa shape index (κ2) is 9.13. The van der Waals surface area contributed by atoms with E-state index in [1.54, 1.807) is 24.3 Å². The molecule has 1 aromatic heterocycles. The number of halogens is 1. The summed E-state index contributed by atoms with van der Waals surface area (Å²) in [6.07, 6.45) is 3.46. The lowest BCUT2D eigenvalue weighted by atomic mass is 9.72. The molecule has 158 valence electrons. The van der Waals surface area contributed by atoms with Crippen LogP contribution in [0.15, 0.2) is 56.6 Å². The topological polar surface area (TPSA) is 95.5 Å². The Labute approximate surface area is 189 Å². The average Bonchev–Trinajstić information content (AvgIpc) is 3.28. The molecule has 1 fully saturated rings. The molecule has 4 rings (SSSR count). The number of benzene rings is 1. The van der Waals surface area contributed by atoms with Gasteiger partial charge in [-0.25, -0.2) is 4.99 Å². The minimum atomic E-state index is -0.499. The number of aliphatic imine (C=N–C) groups is 1. The first-order chi connectivity index (χ1) is 15.0. The fourth-order valence-electron chi connectivity index (χ4n) is 3.99. The van der Waals surface area contributed by atoms with Gasteiger partial charge in [-0.05, 0) is 49.6 Å². The predicted molar refractivity (Wildman–Crippen MR) is 121 cm³/mol. The van der Waals surface area contributed by atoms with Gasteiger partial charge < -0.3 is 9.73 Å². The number of allylic oxidation sites excluding steroid dienone is 1. The molecule has 2 aliphatic rings. The molecule has 2 aromatic rings. The number of aryl methyl sites for hydroxylation is 1. The third kappa shape index (κ3) is 4.46. The molecular formula is C23H20ClN3O3S. The Bertz CT molecular complexity index is 1130. The van der Waals surface area contributed by atoms with Crippen LogP contribution < -0.4 is 5.32 Å². The maximum absolute atomic E-state index is 12.7. The predicted octanol–water partition coefficient (Wildman–Crippen LogP) is 5.26. The van der Waals surface area contributed by atoms with Crippen molar-refractivity contribution in [2.24, 2.45) is 10.9 Å². The van der Waals surface area contributed by atoms with E-state index >= 15 is 0 Å². The molecule has 2 heterocycles. The van der Waals surface area contributed by atoms with Gasteiger partial charge in [0.25, 0.3) is 0 Å². The van der Waals surface area contributed by atoms with E-state index in [-0.39, 0.29) is 17.4 Å². The van der Waals surface area contributed by atoms with Gasteiger partial charge in [-0.15, -0.1) is 0 Å². The van der Waals surface area contributed by atoms with E-state index < -0.39 is 11.8 Å². The molecule has 1 saturated carbocycles. The van der Waals surface area contributed by atoms with E-state index in [0.717, 1.165) is 17.7 Å². The highest BCUT2D eigenvalue weighted by atomic mass is 35.5. The highest BCUT2D eigenvalue weighted by Crippen LogP contribution is 2.45. The summed E-state index contributed by atoms with van der Waals surface area (Å²) in [6.45, 7) is 1.89. The van der Waals surface area contributed by atoms with Crippen LogP contribution in [0.5, 0.6) is 0 Å². The van der Waals surface area contributed by atoms with Gasteiger partial charge in [0.2, 0.25) is 5.91 Å². The van der Waals surface area contributed by atoms with E-state index in [4.69, 9.17) is 16.0 Å². The number of ketones is 1. The van der Waals surface area contributed by atoms with Crippen LogP contribution in [-0.2, 0) is 9.59 Å². The fourth-order valence-corrected chi connectivity index (χ4v) is 5.01. The minimum absolute atomic E-state index is 0.0761. The Morgan fingerprint density at radius 1 is 1.35 bits per heavy atom. The molecule has 0 radical (unpaired) electrons. The first kappa shape index (κ1) is 21.4. The normalized spacial score (nSPS) is 20.7. The number of amides is 1. The monoisotopic (exact) mass is 453 g/mol. The summed E-state index contributed by atoms with van der Waals surface area (Å²) >= 11 is 7.22. The Morgan fingerprint density at radius 3 is 2.94 bits per heavy atom. The summed E-state index contributed by atoms with van der Waals surface area (Å²) < 4.78 is 5.59. The lowest BCUT2D eigenvalue weighted by Crippen LogP contribution is -2.37. The van der Waals surface area contributed by atoms with Crippen LogP contribution in [-0.4, -0.2) is 23.2 Å². The molecule has 31 heavy (non-hydrogen) atoms. The fraction of sp³-hybridized carbons (Fsp3) is 0.304. The molecule has 1 amide bonds. The number of fused-ring (bicyclic) bond motifs is 1. The second-order valence-corrected chi connectivity index (χ2v) is 8.92. The SMILES string of the molecule is Cc1ccc(Cl)cc1NC(=O)CSC1=C(C#N)[C@@H](c2ccco2)[C@@H]2C(=O)CCCC2=N1. The van der Waals surface area contributed by atoms with Crippen molar-refractivity contribution in [3.05, 3.63) is 63.5 Å². The smallest absolute Gasteiger partial charge is 0.234 e. The Kier molecular flexibility index (Phi) is 6.30. The summed E-state index contributed by atoms with van der Waals surface area (Å²) in [6, 6.07) is 11.1. The van der Waals surface area contributed by atoms with Crippen molar-refractivity contribution in [1.82, 2.24) is 0 Å². The van der Waals surface area contributed by atoms with Crippen LogP contribution in [0.4, 0.5) is 5.69 Å². The zero-order chi connectivity index (χ0) is 22.0. The molecule has 1 aliphatic carbocycles. The number of anilines is 1. The van der Waals surface area contributed by atoms with Gasteiger partial charge in [0.1, 0.15) is 16.6 Å². The van der Waals surface area contributed by atoms with Crippen LogP contribution in [0.3, 0.4) is 0 Å². The van der Waals surface area contributed by atoms with Crippen LogP contribution in [0.2, 0.25) is 5.02 Å². The van der Waals surface area contributed by atoms with E-state index in [1.807, 2.05) is 13.0 Å². The van der Waals surface area contributed by atoms with Gasteiger partial charge in [-0.1, -0.05) is 29.4 Å². The molecule has 1 aromatic carbocycles. The summed E-state index contributed by atoms with van der Waals surface area (Å²) in [5.74, 6) is -0.467. The highest BCUT2D eigenvalue weighted by molar-refractivity contribution is 8.03. The molecule has 0 saturated heterocycles. The number of thioether (sulfide) groups is 1.